The molecule has 3 aromatic carbocycles. The first-order valence-corrected chi connectivity index (χ1v) is 10.7. The Balaban J connectivity index is 1.37. The quantitative estimate of drug-likeness (QED) is 0.365. The highest BCUT2D eigenvalue weighted by molar-refractivity contribution is 9.10. The minimum Gasteiger partial charge on any atom is -0.489 e. The lowest BCUT2D eigenvalue weighted by Gasteiger charge is -2.08. The minimum atomic E-state index is -0.180. The van der Waals surface area contributed by atoms with Crippen LogP contribution in [0, 0.1) is 6.92 Å². The van der Waals surface area contributed by atoms with Crippen molar-refractivity contribution in [3.05, 3.63) is 112 Å². The molecule has 31 heavy (non-hydrogen) atoms. The Bertz CT molecular complexity index is 1190. The van der Waals surface area contributed by atoms with Crippen LogP contribution in [0.15, 0.2) is 89.7 Å². The van der Waals surface area contributed by atoms with Crippen LogP contribution in [0.2, 0.25) is 0 Å². The summed E-state index contributed by atoms with van der Waals surface area (Å²) in [6, 6.07) is 23.4. The lowest BCUT2D eigenvalue weighted by molar-refractivity contribution is 0.102. The molecule has 0 atom stereocenters. The molecule has 156 valence electrons. The maximum atomic E-state index is 12.7. The van der Waals surface area contributed by atoms with Gasteiger partial charge in [-0.2, -0.15) is 5.10 Å². The van der Waals surface area contributed by atoms with Gasteiger partial charge in [0.1, 0.15) is 12.4 Å². The first-order valence-electron chi connectivity index (χ1n) is 9.92. The Morgan fingerprint density at radius 1 is 1.03 bits per heavy atom. The molecule has 0 spiro atoms. The lowest BCUT2D eigenvalue weighted by atomic mass is 10.1. The SMILES string of the molecule is Cc1cccc(Cn2cc(NC(=O)c3cccc(COc4ccc(Br)cc4)c3)cn2)c1. The number of ether oxygens (including phenoxy) is 1. The van der Waals surface area contributed by atoms with Gasteiger partial charge in [0.2, 0.25) is 0 Å². The topological polar surface area (TPSA) is 56.2 Å². The Morgan fingerprint density at radius 2 is 1.81 bits per heavy atom. The molecule has 0 saturated heterocycles. The lowest BCUT2D eigenvalue weighted by Crippen LogP contribution is -2.12. The number of rotatable bonds is 7. The number of amides is 1. The second-order valence-electron chi connectivity index (χ2n) is 7.31. The van der Waals surface area contributed by atoms with Crippen molar-refractivity contribution >= 4 is 27.5 Å². The largest absolute Gasteiger partial charge is 0.489 e. The van der Waals surface area contributed by atoms with Gasteiger partial charge in [-0.05, 0) is 54.4 Å². The summed E-state index contributed by atoms with van der Waals surface area (Å²) in [6.45, 7) is 3.11. The third kappa shape index (κ3) is 5.83. The summed E-state index contributed by atoms with van der Waals surface area (Å²) in [6.07, 6.45) is 3.49. The van der Waals surface area contributed by atoms with Gasteiger partial charge >= 0.3 is 0 Å². The number of carbonyl (C=O) groups is 1. The molecular weight excluding hydrogens is 454 g/mol. The van der Waals surface area contributed by atoms with Crippen molar-refractivity contribution in [3.8, 4) is 5.75 Å². The van der Waals surface area contributed by atoms with Gasteiger partial charge in [-0.15, -0.1) is 0 Å². The molecule has 0 aliphatic carbocycles. The maximum absolute atomic E-state index is 12.7. The van der Waals surface area contributed by atoms with Gasteiger partial charge in [0.05, 0.1) is 18.4 Å². The van der Waals surface area contributed by atoms with Crippen LogP contribution in [-0.2, 0) is 13.2 Å². The van der Waals surface area contributed by atoms with Crippen LogP contribution in [0.25, 0.3) is 0 Å². The van der Waals surface area contributed by atoms with Crippen molar-refractivity contribution in [1.82, 2.24) is 9.78 Å². The highest BCUT2D eigenvalue weighted by atomic mass is 79.9. The van der Waals surface area contributed by atoms with Crippen molar-refractivity contribution in [1.29, 1.82) is 0 Å². The standard InChI is InChI=1S/C25H22BrN3O2/c1-18-4-2-5-19(12-18)15-29-16-23(14-27-29)28-25(30)21-7-3-6-20(13-21)17-31-24-10-8-22(26)9-11-24/h2-14,16H,15,17H2,1H3,(H,28,30). The Kier molecular flexibility index (Phi) is 6.48. The van der Waals surface area contributed by atoms with Crippen LogP contribution in [0.5, 0.6) is 5.75 Å². The number of hydrogen-bond acceptors (Lipinski definition) is 3. The smallest absolute Gasteiger partial charge is 0.255 e. The Labute approximate surface area is 189 Å². The zero-order chi connectivity index (χ0) is 21.6. The molecule has 0 aliphatic rings. The van der Waals surface area contributed by atoms with E-state index in [0.29, 0.717) is 24.4 Å². The summed E-state index contributed by atoms with van der Waals surface area (Å²) in [4.78, 5) is 12.7. The fraction of sp³-hybridized carbons (Fsp3) is 0.120. The first kappa shape index (κ1) is 20.9. The summed E-state index contributed by atoms with van der Waals surface area (Å²) in [5.74, 6) is 0.597. The zero-order valence-corrected chi connectivity index (χ0v) is 18.7. The molecule has 1 aromatic heterocycles. The fourth-order valence-corrected chi connectivity index (χ4v) is 3.48. The molecule has 0 aliphatic heterocycles. The van der Waals surface area contributed by atoms with Gasteiger partial charge in [0.25, 0.3) is 5.91 Å². The van der Waals surface area contributed by atoms with Crippen LogP contribution < -0.4 is 10.1 Å². The van der Waals surface area contributed by atoms with Gasteiger partial charge in [0.15, 0.2) is 0 Å². The monoisotopic (exact) mass is 475 g/mol. The van der Waals surface area contributed by atoms with Gasteiger partial charge in [0, 0.05) is 16.2 Å². The normalized spacial score (nSPS) is 10.6. The van der Waals surface area contributed by atoms with Crippen LogP contribution in [0.1, 0.15) is 27.0 Å². The van der Waals surface area contributed by atoms with Crippen molar-refractivity contribution < 1.29 is 9.53 Å². The van der Waals surface area contributed by atoms with E-state index in [1.807, 2.05) is 59.4 Å². The number of hydrogen-bond donors (Lipinski definition) is 1. The van der Waals surface area contributed by atoms with Crippen molar-refractivity contribution in [2.45, 2.75) is 20.1 Å². The summed E-state index contributed by atoms with van der Waals surface area (Å²) >= 11 is 3.41. The molecule has 0 bridgehead atoms. The predicted octanol–water partition coefficient (Wildman–Crippen LogP) is 5.83. The molecular formula is C25H22BrN3O2. The molecule has 1 N–H and O–H groups in total. The van der Waals surface area contributed by atoms with E-state index in [-0.39, 0.29) is 5.91 Å². The molecule has 0 radical (unpaired) electrons. The van der Waals surface area contributed by atoms with Crippen molar-refractivity contribution in [3.63, 3.8) is 0 Å². The maximum Gasteiger partial charge on any atom is 0.255 e. The van der Waals surface area contributed by atoms with E-state index >= 15 is 0 Å². The van der Waals surface area contributed by atoms with Crippen molar-refractivity contribution in [2.24, 2.45) is 0 Å². The number of carbonyl (C=O) groups excluding carboxylic acids is 1. The average Bonchev–Trinajstić information content (AvgIpc) is 3.20. The van der Waals surface area contributed by atoms with E-state index in [4.69, 9.17) is 4.74 Å². The van der Waals surface area contributed by atoms with E-state index in [1.165, 1.54) is 11.1 Å². The van der Waals surface area contributed by atoms with Crippen LogP contribution in [-0.4, -0.2) is 15.7 Å². The summed E-state index contributed by atoms with van der Waals surface area (Å²) in [5, 5.41) is 7.27. The zero-order valence-electron chi connectivity index (χ0n) is 17.1. The summed E-state index contributed by atoms with van der Waals surface area (Å²) in [5.41, 5.74) is 4.53. The number of nitrogens with one attached hydrogen (secondary N) is 1. The van der Waals surface area contributed by atoms with E-state index in [0.717, 1.165) is 15.8 Å². The summed E-state index contributed by atoms with van der Waals surface area (Å²) < 4.78 is 8.62. The van der Waals surface area contributed by atoms with Crippen LogP contribution in [0.4, 0.5) is 5.69 Å². The number of benzene rings is 3. The van der Waals surface area contributed by atoms with Gasteiger partial charge in [-0.25, -0.2) is 0 Å². The molecule has 1 heterocycles. The second-order valence-corrected chi connectivity index (χ2v) is 8.23. The molecule has 0 unspecified atom stereocenters. The number of anilines is 1. The van der Waals surface area contributed by atoms with Crippen LogP contribution in [0.3, 0.4) is 0 Å². The molecule has 0 saturated carbocycles. The van der Waals surface area contributed by atoms with E-state index in [1.54, 1.807) is 12.3 Å². The van der Waals surface area contributed by atoms with Gasteiger partial charge < -0.3 is 10.1 Å². The Morgan fingerprint density at radius 3 is 2.61 bits per heavy atom. The van der Waals surface area contributed by atoms with E-state index < -0.39 is 0 Å². The number of nitrogens with zero attached hydrogens (tertiary/aromatic N) is 2. The number of aryl methyl sites for hydroxylation is 1. The highest BCUT2D eigenvalue weighted by Crippen LogP contribution is 2.18. The average molecular weight is 476 g/mol. The minimum absolute atomic E-state index is 0.180. The van der Waals surface area contributed by atoms with E-state index in [9.17, 15) is 4.79 Å². The van der Waals surface area contributed by atoms with E-state index in [2.05, 4.69) is 51.5 Å². The third-order valence-corrected chi connectivity index (χ3v) is 5.26. The number of halogens is 1. The number of aromatic nitrogens is 2. The predicted molar refractivity (Wildman–Crippen MR) is 125 cm³/mol. The Hall–Kier alpha value is -3.38. The first-order chi connectivity index (χ1) is 15.0. The summed E-state index contributed by atoms with van der Waals surface area (Å²) in [7, 11) is 0. The molecule has 5 nitrogen and oxygen atoms in total. The van der Waals surface area contributed by atoms with Crippen LogP contribution >= 0.6 is 15.9 Å². The van der Waals surface area contributed by atoms with Gasteiger partial charge in [-0.1, -0.05) is 57.9 Å². The highest BCUT2D eigenvalue weighted by Gasteiger charge is 2.09. The molecule has 6 heteroatoms. The molecule has 4 aromatic rings. The van der Waals surface area contributed by atoms with Crippen molar-refractivity contribution in [2.75, 3.05) is 5.32 Å². The second kappa shape index (κ2) is 9.62. The van der Waals surface area contributed by atoms with Gasteiger partial charge in [-0.3, -0.25) is 9.48 Å². The third-order valence-electron chi connectivity index (χ3n) is 4.73. The fourth-order valence-electron chi connectivity index (χ4n) is 3.22. The molecule has 4 rings (SSSR count). The molecule has 0 fully saturated rings. The molecule has 1 amide bonds.